The van der Waals surface area contributed by atoms with E-state index in [1.165, 1.54) is 6.07 Å². The average Bonchev–Trinajstić information content (AvgIpc) is 3.42. The van der Waals surface area contributed by atoms with Crippen LogP contribution in [0.4, 0.5) is 32.4 Å². The summed E-state index contributed by atoms with van der Waals surface area (Å²) in [6, 6.07) is 4.84. The van der Waals surface area contributed by atoms with Crippen molar-refractivity contribution in [2.75, 3.05) is 34.8 Å². The van der Waals surface area contributed by atoms with Gasteiger partial charge in [-0.25, -0.2) is 13.5 Å². The molecule has 0 amide bonds. The van der Waals surface area contributed by atoms with E-state index in [4.69, 9.17) is 14.6 Å². The van der Waals surface area contributed by atoms with E-state index in [9.17, 15) is 8.78 Å². The van der Waals surface area contributed by atoms with Crippen molar-refractivity contribution >= 4 is 23.6 Å². The normalized spacial score (nSPS) is 24.6. The first-order valence-electron chi connectivity index (χ1n) is 11.5. The monoisotopic (exact) mass is 456 g/mol. The van der Waals surface area contributed by atoms with Gasteiger partial charge in [0.15, 0.2) is 17.5 Å². The van der Waals surface area contributed by atoms with Crippen LogP contribution in [0, 0.1) is 30.4 Å². The molecular weight excluding hydrogens is 430 g/mol. The van der Waals surface area contributed by atoms with Gasteiger partial charge < -0.3 is 19.6 Å². The van der Waals surface area contributed by atoms with Crippen LogP contribution >= 0.6 is 0 Å². The van der Waals surface area contributed by atoms with Gasteiger partial charge in [0.2, 0.25) is 11.9 Å². The third kappa shape index (κ3) is 3.68. The van der Waals surface area contributed by atoms with Crippen LogP contribution < -0.4 is 15.1 Å². The van der Waals surface area contributed by atoms with Crippen LogP contribution in [0.25, 0.3) is 0 Å². The molecule has 2 bridgehead atoms. The molecule has 1 saturated heterocycles. The number of piperidine rings is 1. The maximum Gasteiger partial charge on any atom is 0.324 e. The molecule has 3 aliphatic rings. The summed E-state index contributed by atoms with van der Waals surface area (Å²) in [6.45, 7) is 4.95. The third-order valence-electron chi connectivity index (χ3n) is 7.03. The van der Waals surface area contributed by atoms with E-state index < -0.39 is 11.6 Å². The highest BCUT2D eigenvalue weighted by Crippen LogP contribution is 2.40. The number of fused-ring (bicyclic) bond motifs is 3. The van der Waals surface area contributed by atoms with Crippen LogP contribution in [-0.4, -0.2) is 50.6 Å². The lowest BCUT2D eigenvalue weighted by atomic mass is 9.92. The van der Waals surface area contributed by atoms with Gasteiger partial charge in [0.05, 0.1) is 0 Å². The number of nitrogens with zero attached hydrogens (tertiary/aromatic N) is 7. The predicted molar refractivity (Wildman–Crippen MR) is 117 cm³/mol. The Kier molecular flexibility index (Phi) is 4.92. The van der Waals surface area contributed by atoms with Crippen LogP contribution in [0.1, 0.15) is 31.5 Å². The highest BCUT2D eigenvalue weighted by molar-refractivity contribution is 5.59. The van der Waals surface area contributed by atoms with Gasteiger partial charge in [-0.3, -0.25) is 0 Å². The third-order valence-corrected chi connectivity index (χ3v) is 7.03. The molecule has 1 saturated carbocycles. The zero-order valence-electron chi connectivity index (χ0n) is 18.4. The Morgan fingerprint density at radius 1 is 1.03 bits per heavy atom. The molecule has 6 rings (SSSR count). The van der Waals surface area contributed by atoms with Gasteiger partial charge in [-0.05, 0) is 56.6 Å². The van der Waals surface area contributed by atoms with Crippen molar-refractivity contribution in [3.05, 3.63) is 35.7 Å². The molecule has 1 aromatic carbocycles. The van der Waals surface area contributed by atoms with Gasteiger partial charge in [0.1, 0.15) is 0 Å². The van der Waals surface area contributed by atoms with E-state index >= 15 is 0 Å². The average molecular weight is 457 g/mol. The molecule has 2 aliphatic heterocycles. The number of hydrogen-bond acceptors (Lipinski definition) is 8. The van der Waals surface area contributed by atoms with E-state index in [2.05, 4.69) is 20.4 Å². The molecule has 1 N–H and O–H groups in total. The smallest absolute Gasteiger partial charge is 0.324 e. The van der Waals surface area contributed by atoms with Gasteiger partial charge in [0.25, 0.3) is 0 Å². The number of hydrogen-bond donors (Lipinski definition) is 1. The van der Waals surface area contributed by atoms with Crippen molar-refractivity contribution in [1.29, 1.82) is 0 Å². The van der Waals surface area contributed by atoms with Gasteiger partial charge in [-0.1, -0.05) is 5.16 Å². The molecule has 0 unspecified atom stereocenters. The molecule has 3 atom stereocenters. The van der Waals surface area contributed by atoms with Crippen molar-refractivity contribution in [2.24, 2.45) is 11.8 Å². The molecule has 0 spiro atoms. The largest absolute Gasteiger partial charge is 0.349 e. The summed E-state index contributed by atoms with van der Waals surface area (Å²) in [5.74, 6) is 1.04. The Balaban J connectivity index is 1.22. The van der Waals surface area contributed by atoms with E-state index in [1.807, 2.05) is 16.5 Å². The Morgan fingerprint density at radius 2 is 1.82 bits per heavy atom. The molecule has 3 aromatic rings. The minimum absolute atomic E-state index is 0.272. The number of rotatable bonds is 4. The first kappa shape index (κ1) is 20.4. The van der Waals surface area contributed by atoms with Crippen molar-refractivity contribution in [3.8, 4) is 0 Å². The topological polar surface area (TPSA) is 88.1 Å². The molecule has 33 heavy (non-hydrogen) atoms. The van der Waals surface area contributed by atoms with E-state index in [1.54, 1.807) is 6.07 Å². The lowest BCUT2D eigenvalue weighted by Gasteiger charge is -2.37. The molecule has 4 heterocycles. The first-order valence-corrected chi connectivity index (χ1v) is 11.5. The second-order valence-electron chi connectivity index (χ2n) is 9.21. The van der Waals surface area contributed by atoms with Crippen molar-refractivity contribution < 1.29 is 13.3 Å². The van der Waals surface area contributed by atoms with E-state index in [-0.39, 0.29) is 6.04 Å². The second kappa shape index (κ2) is 7.96. The Labute approximate surface area is 189 Å². The second-order valence-corrected chi connectivity index (χ2v) is 9.21. The minimum atomic E-state index is -0.860. The van der Waals surface area contributed by atoms with Gasteiger partial charge in [0, 0.05) is 44.0 Å². The summed E-state index contributed by atoms with van der Waals surface area (Å²) in [6.07, 6.45) is 4.12. The molecule has 11 heteroatoms. The number of nitrogens with one attached hydrogen (secondary N) is 1. The standard InChI is InChI=1S/C22H26F2N8O/c1-13-25-22(33-29-13)30-11-14-4-5-15(12-30)19(14)26-20-27-21-31(8-2-3-9-32(21)28-20)16-6-7-17(23)18(24)10-16/h6-7,10,14-15,19H,2-5,8-9,11-12H2,1H3,(H,26,28)/t14-,15+,19+. The fraction of sp³-hybridized carbons (Fsp3) is 0.545. The maximum absolute atomic E-state index is 13.9. The fourth-order valence-corrected chi connectivity index (χ4v) is 5.45. The van der Waals surface area contributed by atoms with E-state index in [0.29, 0.717) is 47.8 Å². The van der Waals surface area contributed by atoms with Crippen molar-refractivity contribution in [3.63, 3.8) is 0 Å². The van der Waals surface area contributed by atoms with Crippen LogP contribution in [0.5, 0.6) is 0 Å². The predicted octanol–water partition coefficient (Wildman–Crippen LogP) is 3.51. The van der Waals surface area contributed by atoms with Crippen LogP contribution in [-0.2, 0) is 6.54 Å². The molecular formula is C22H26F2N8O. The van der Waals surface area contributed by atoms with Crippen LogP contribution in [0.15, 0.2) is 22.7 Å². The van der Waals surface area contributed by atoms with Crippen LogP contribution in [0.2, 0.25) is 0 Å². The Hall–Kier alpha value is -3.24. The van der Waals surface area contributed by atoms with Crippen LogP contribution in [0.3, 0.4) is 0 Å². The summed E-state index contributed by atoms with van der Waals surface area (Å²) >= 11 is 0. The maximum atomic E-state index is 13.9. The molecule has 1 aliphatic carbocycles. The van der Waals surface area contributed by atoms with Crippen molar-refractivity contribution in [2.45, 2.75) is 45.2 Å². The quantitative estimate of drug-likeness (QED) is 0.638. The highest BCUT2D eigenvalue weighted by Gasteiger charge is 2.44. The molecule has 2 aromatic heterocycles. The van der Waals surface area contributed by atoms with E-state index in [0.717, 1.165) is 51.4 Å². The Morgan fingerprint density at radius 3 is 2.55 bits per heavy atom. The van der Waals surface area contributed by atoms with Gasteiger partial charge in [-0.15, -0.1) is 5.10 Å². The number of halogens is 2. The number of aryl methyl sites for hydroxylation is 2. The lowest BCUT2D eigenvalue weighted by molar-refractivity contribution is 0.340. The Bertz CT molecular complexity index is 1150. The summed E-state index contributed by atoms with van der Waals surface area (Å²) < 4.78 is 34.6. The highest BCUT2D eigenvalue weighted by atomic mass is 19.2. The lowest BCUT2D eigenvalue weighted by Crippen LogP contribution is -2.48. The molecule has 0 radical (unpaired) electrons. The molecule has 2 fully saturated rings. The molecule has 174 valence electrons. The summed E-state index contributed by atoms with van der Waals surface area (Å²) in [4.78, 5) is 13.3. The minimum Gasteiger partial charge on any atom is -0.349 e. The zero-order valence-corrected chi connectivity index (χ0v) is 18.4. The number of anilines is 4. The summed E-state index contributed by atoms with van der Waals surface area (Å²) in [5.41, 5.74) is 0.583. The summed E-state index contributed by atoms with van der Waals surface area (Å²) in [5, 5.41) is 12.2. The molecule has 9 nitrogen and oxygen atoms in total. The van der Waals surface area contributed by atoms with Gasteiger partial charge >= 0.3 is 6.01 Å². The SMILES string of the molecule is Cc1noc(N2C[C@H]3CC[C@@H](C2)[C@H]3Nc2nc3n(n2)CCCCN3c2ccc(F)c(F)c2)n1. The number of benzene rings is 1. The summed E-state index contributed by atoms with van der Waals surface area (Å²) in [7, 11) is 0. The zero-order chi connectivity index (χ0) is 22.5. The first-order chi connectivity index (χ1) is 16.0. The number of aromatic nitrogens is 5. The van der Waals surface area contributed by atoms with Gasteiger partial charge in [-0.2, -0.15) is 9.97 Å². The fourth-order valence-electron chi connectivity index (χ4n) is 5.45. The van der Waals surface area contributed by atoms with Crippen molar-refractivity contribution in [1.82, 2.24) is 24.9 Å².